The number of carbonyl (C=O) groups is 2. The van der Waals surface area contributed by atoms with E-state index in [9.17, 15) is 9.59 Å². The molecule has 1 aliphatic heterocycles. The summed E-state index contributed by atoms with van der Waals surface area (Å²) in [4.78, 5) is 36.2. The molecule has 3 aromatic rings. The fourth-order valence-electron chi connectivity index (χ4n) is 6.96. The first-order valence-corrected chi connectivity index (χ1v) is 20.6. The van der Waals surface area contributed by atoms with Crippen molar-refractivity contribution >= 4 is 43.7 Å². The van der Waals surface area contributed by atoms with Crippen molar-refractivity contribution in [1.82, 2.24) is 51.1 Å². The van der Waals surface area contributed by atoms with Crippen LogP contribution < -0.4 is 37.6 Å². The summed E-state index contributed by atoms with van der Waals surface area (Å²) in [5.41, 5.74) is 7.63. The Labute approximate surface area is 316 Å². The van der Waals surface area contributed by atoms with Crippen LogP contribution in [0.2, 0.25) is 0 Å². The van der Waals surface area contributed by atoms with E-state index in [0.717, 1.165) is 106 Å². The van der Waals surface area contributed by atoms with Gasteiger partial charge >= 0.3 is 0 Å². The highest BCUT2D eigenvalue weighted by molar-refractivity contribution is 7.16. The Morgan fingerprint density at radius 2 is 1.72 bits per heavy atom. The molecule has 3 heterocycles. The Hall–Kier alpha value is -3.49. The fraction of sp³-hybridized carbons (Fsp3) is 0.676. The highest BCUT2D eigenvalue weighted by atomic mass is 31.0. The summed E-state index contributed by atoms with van der Waals surface area (Å²) in [6.07, 6.45) is 14.3. The van der Waals surface area contributed by atoms with Gasteiger partial charge in [-0.2, -0.15) is 4.98 Å². The lowest BCUT2D eigenvalue weighted by molar-refractivity contribution is -0.123. The highest BCUT2D eigenvalue weighted by Gasteiger charge is 2.21. The predicted molar refractivity (Wildman–Crippen MR) is 215 cm³/mol. The van der Waals surface area contributed by atoms with E-state index < -0.39 is 6.04 Å². The van der Waals surface area contributed by atoms with Gasteiger partial charge in [-0.25, -0.2) is 4.98 Å². The molecule has 1 aromatic carbocycles. The molecule has 1 saturated carbocycles. The zero-order valence-electron chi connectivity index (χ0n) is 31.3. The molecule has 5 rings (SSSR count). The van der Waals surface area contributed by atoms with Crippen molar-refractivity contribution in [2.75, 3.05) is 69.2 Å². The molecule has 53 heavy (non-hydrogen) atoms. The zero-order chi connectivity index (χ0) is 37.1. The average Bonchev–Trinajstić information content (AvgIpc) is 3.65. The molecule has 1 saturated heterocycles. The fourth-order valence-corrected chi connectivity index (χ4v) is 7.11. The van der Waals surface area contributed by atoms with Crippen LogP contribution in [0.3, 0.4) is 0 Å². The lowest BCUT2D eigenvalue weighted by Gasteiger charge is -2.32. The van der Waals surface area contributed by atoms with Gasteiger partial charge in [0.1, 0.15) is 11.5 Å². The standard InChI is InChI=1S/C37H62N13O2P/c38-32(36(52)42-20-25-53)12-13-34(51)41-19-24-49-22-14-29(15-23-49)44-35-31-10-4-5-11-33(31)45-37(46-35)43-26-30-27-50(48-47-30)21-7-17-39-16-6-18-40-28-8-2-1-3-9-28/h4-5,10-11,27-29,32,39-40H,1-3,6-9,12-26,38,53H2,(H,41,51)(H,42,52)(H2,43,44,45,46)/t32-/m0/s1. The third kappa shape index (κ3) is 14.4. The Morgan fingerprint density at radius 1 is 0.906 bits per heavy atom. The summed E-state index contributed by atoms with van der Waals surface area (Å²) in [6, 6.07) is 8.41. The van der Waals surface area contributed by atoms with Crippen molar-refractivity contribution in [2.24, 2.45) is 5.73 Å². The summed E-state index contributed by atoms with van der Waals surface area (Å²) in [5, 5.41) is 29.7. The van der Waals surface area contributed by atoms with Crippen molar-refractivity contribution in [3.05, 3.63) is 36.2 Å². The normalized spacial score (nSPS) is 16.4. The van der Waals surface area contributed by atoms with Gasteiger partial charge in [-0.3, -0.25) is 14.3 Å². The van der Waals surface area contributed by atoms with Crippen LogP contribution in [-0.4, -0.2) is 118 Å². The number of nitrogens with one attached hydrogen (secondary N) is 6. The lowest BCUT2D eigenvalue weighted by Crippen LogP contribution is -2.43. The first kappa shape index (κ1) is 40.7. The van der Waals surface area contributed by atoms with Crippen LogP contribution in [0, 0.1) is 0 Å². The minimum absolute atomic E-state index is 0.0768. The van der Waals surface area contributed by atoms with Gasteiger partial charge in [-0.1, -0.05) is 36.6 Å². The molecule has 2 atom stereocenters. The molecule has 15 nitrogen and oxygen atoms in total. The number of fused-ring (bicyclic) bond motifs is 1. The number of likely N-dealkylation sites (tertiary alicyclic amines) is 1. The summed E-state index contributed by atoms with van der Waals surface area (Å²) >= 11 is 0. The number of hydrogen-bond donors (Lipinski definition) is 7. The van der Waals surface area contributed by atoms with Gasteiger partial charge < -0.3 is 42.5 Å². The van der Waals surface area contributed by atoms with E-state index in [1.807, 2.05) is 29.1 Å². The maximum absolute atomic E-state index is 12.3. The second-order valence-electron chi connectivity index (χ2n) is 14.3. The van der Waals surface area contributed by atoms with Crippen molar-refractivity contribution in [3.63, 3.8) is 0 Å². The minimum Gasteiger partial charge on any atom is -0.367 e. The van der Waals surface area contributed by atoms with E-state index in [-0.39, 0.29) is 24.3 Å². The zero-order valence-corrected chi connectivity index (χ0v) is 32.5. The van der Waals surface area contributed by atoms with Crippen LogP contribution in [-0.2, 0) is 22.7 Å². The largest absolute Gasteiger partial charge is 0.367 e. The van der Waals surface area contributed by atoms with E-state index in [2.05, 4.69) is 62.4 Å². The van der Waals surface area contributed by atoms with Gasteiger partial charge in [0, 0.05) is 63.2 Å². The number of anilines is 2. The first-order chi connectivity index (χ1) is 26.0. The number of nitrogens with zero attached hydrogens (tertiary/aromatic N) is 6. The smallest absolute Gasteiger partial charge is 0.236 e. The molecular formula is C37H62N13O2P. The third-order valence-corrected chi connectivity index (χ3v) is 10.4. The first-order valence-electron chi connectivity index (χ1n) is 19.8. The molecular weight excluding hydrogens is 689 g/mol. The molecule has 8 N–H and O–H groups in total. The number of amides is 2. The number of rotatable bonds is 23. The van der Waals surface area contributed by atoms with Gasteiger partial charge in [0.15, 0.2) is 0 Å². The van der Waals surface area contributed by atoms with E-state index in [1.54, 1.807) is 0 Å². The summed E-state index contributed by atoms with van der Waals surface area (Å²) in [6.45, 7) is 8.17. The molecule has 0 radical (unpaired) electrons. The number of aryl methyl sites for hydroxylation is 1. The van der Waals surface area contributed by atoms with Crippen LogP contribution in [0.1, 0.15) is 76.3 Å². The summed E-state index contributed by atoms with van der Waals surface area (Å²) in [7, 11) is 2.56. The molecule has 1 aliphatic carbocycles. The molecule has 0 bridgehead atoms. The molecule has 2 fully saturated rings. The highest BCUT2D eigenvalue weighted by Crippen LogP contribution is 2.25. The van der Waals surface area contributed by atoms with Crippen molar-refractivity contribution in [2.45, 2.75) is 102 Å². The maximum Gasteiger partial charge on any atom is 0.236 e. The van der Waals surface area contributed by atoms with Gasteiger partial charge in [0.2, 0.25) is 17.8 Å². The van der Waals surface area contributed by atoms with Crippen LogP contribution in [0.25, 0.3) is 10.9 Å². The SMILES string of the molecule is N[C@@H](CCC(=O)NCCN1CCC(Nc2nc(NCc3cn(CCCNCCCNC4CCCCC4)nn3)nc3ccccc23)CC1)C(=O)NCCP. The number of para-hydroxylation sites is 1. The van der Waals surface area contributed by atoms with Gasteiger partial charge in [-0.05, 0) is 82.9 Å². The molecule has 2 aliphatic rings. The van der Waals surface area contributed by atoms with Crippen molar-refractivity contribution < 1.29 is 9.59 Å². The van der Waals surface area contributed by atoms with Gasteiger partial charge in [0.25, 0.3) is 0 Å². The van der Waals surface area contributed by atoms with Gasteiger partial charge in [-0.15, -0.1) is 14.3 Å². The molecule has 292 valence electrons. The average molecular weight is 752 g/mol. The van der Waals surface area contributed by atoms with E-state index in [1.165, 1.54) is 32.1 Å². The summed E-state index contributed by atoms with van der Waals surface area (Å²) in [5.74, 6) is 1.09. The van der Waals surface area contributed by atoms with E-state index in [0.29, 0.717) is 32.0 Å². The van der Waals surface area contributed by atoms with Crippen LogP contribution in [0.4, 0.5) is 11.8 Å². The second-order valence-corrected chi connectivity index (χ2v) is 14.9. The van der Waals surface area contributed by atoms with Gasteiger partial charge in [0.05, 0.1) is 24.3 Å². The Morgan fingerprint density at radius 3 is 2.55 bits per heavy atom. The van der Waals surface area contributed by atoms with E-state index in [4.69, 9.17) is 15.7 Å². The molecule has 0 spiro atoms. The van der Waals surface area contributed by atoms with E-state index >= 15 is 0 Å². The second kappa shape index (κ2) is 22.7. The number of carbonyl (C=O) groups excluding carboxylic acids is 2. The Balaban J connectivity index is 0.981. The number of nitrogens with two attached hydrogens (primary N) is 1. The number of benzene rings is 1. The minimum atomic E-state index is -0.666. The van der Waals surface area contributed by atoms with Crippen LogP contribution in [0.5, 0.6) is 0 Å². The topological polar surface area (TPSA) is 192 Å². The molecule has 2 amide bonds. The molecule has 2 aromatic heterocycles. The van der Waals surface area contributed by atoms with Crippen LogP contribution in [0.15, 0.2) is 30.5 Å². The van der Waals surface area contributed by atoms with Crippen molar-refractivity contribution in [1.29, 1.82) is 0 Å². The van der Waals surface area contributed by atoms with Crippen molar-refractivity contribution in [3.8, 4) is 0 Å². The number of aromatic nitrogens is 5. The number of piperidine rings is 1. The lowest BCUT2D eigenvalue weighted by atomic mass is 9.95. The molecule has 16 heteroatoms. The predicted octanol–water partition coefficient (Wildman–Crippen LogP) is 2.22. The maximum atomic E-state index is 12.3. The Bertz CT molecular complexity index is 1530. The Kier molecular flexibility index (Phi) is 17.4. The monoisotopic (exact) mass is 751 g/mol. The number of hydrogen-bond acceptors (Lipinski definition) is 12. The summed E-state index contributed by atoms with van der Waals surface area (Å²) < 4.78 is 1.91. The molecule has 1 unspecified atom stereocenters. The third-order valence-electron chi connectivity index (χ3n) is 10.1. The van der Waals surface area contributed by atoms with Crippen LogP contribution >= 0.6 is 9.24 Å². The quantitative estimate of drug-likeness (QED) is 0.0553.